The summed E-state index contributed by atoms with van der Waals surface area (Å²) < 4.78 is 0. The standard InChI is InChI=1S/C31H41P.BrH/c1-2-3-4-5-6-16-23-30(24-27-17-10-7-11-18-27)31(32,25-28-19-12-8-13-20-28)26-29-21-14-9-15-22-29;/h7-15,17-22,30H,2-6,16,23-26,32H2,1H3;1H. The smallest absolute Gasteiger partial charge is 0.00385 e. The van der Waals surface area contributed by atoms with E-state index in [0.29, 0.717) is 5.92 Å². The van der Waals surface area contributed by atoms with Crippen LogP contribution in [-0.2, 0) is 19.3 Å². The van der Waals surface area contributed by atoms with Crippen molar-refractivity contribution in [3.8, 4) is 0 Å². The topological polar surface area (TPSA) is 0 Å². The average Bonchev–Trinajstić information content (AvgIpc) is 2.82. The maximum absolute atomic E-state index is 3.36. The first-order chi connectivity index (χ1) is 15.7. The van der Waals surface area contributed by atoms with E-state index < -0.39 is 0 Å². The molecule has 2 atom stereocenters. The van der Waals surface area contributed by atoms with Crippen LogP contribution >= 0.6 is 26.2 Å². The highest BCUT2D eigenvalue weighted by Crippen LogP contribution is 2.40. The molecule has 33 heavy (non-hydrogen) atoms. The summed E-state index contributed by atoms with van der Waals surface area (Å²) >= 11 is 0. The Bertz CT molecular complexity index is 822. The summed E-state index contributed by atoms with van der Waals surface area (Å²) in [6.45, 7) is 2.30. The van der Waals surface area contributed by atoms with E-state index >= 15 is 0 Å². The Morgan fingerprint density at radius 1 is 0.606 bits per heavy atom. The fourth-order valence-electron chi connectivity index (χ4n) is 4.97. The van der Waals surface area contributed by atoms with E-state index in [1.54, 1.807) is 0 Å². The number of halogens is 1. The van der Waals surface area contributed by atoms with Crippen LogP contribution in [0.4, 0.5) is 0 Å². The molecule has 0 saturated carbocycles. The molecule has 0 bridgehead atoms. The monoisotopic (exact) mass is 524 g/mol. The van der Waals surface area contributed by atoms with E-state index in [2.05, 4.69) is 107 Å². The molecule has 0 fully saturated rings. The van der Waals surface area contributed by atoms with Crippen LogP contribution in [0.5, 0.6) is 0 Å². The number of hydrogen-bond acceptors (Lipinski definition) is 0. The molecule has 2 unspecified atom stereocenters. The third-order valence-electron chi connectivity index (χ3n) is 6.80. The lowest BCUT2D eigenvalue weighted by Crippen LogP contribution is -2.38. The zero-order valence-electron chi connectivity index (χ0n) is 20.3. The van der Waals surface area contributed by atoms with Crippen molar-refractivity contribution in [3.05, 3.63) is 108 Å². The third-order valence-corrected chi connectivity index (χ3v) is 7.68. The summed E-state index contributed by atoms with van der Waals surface area (Å²) in [6, 6.07) is 33.3. The summed E-state index contributed by atoms with van der Waals surface area (Å²) in [5, 5.41) is 0.141. The third kappa shape index (κ3) is 9.76. The molecular formula is C31H42BrP. The lowest BCUT2D eigenvalue weighted by atomic mass is 9.75. The largest absolute Gasteiger partial charge is 0.130 e. The Morgan fingerprint density at radius 3 is 1.52 bits per heavy atom. The highest BCUT2D eigenvalue weighted by atomic mass is 79.9. The lowest BCUT2D eigenvalue weighted by Gasteiger charge is -2.39. The van der Waals surface area contributed by atoms with Crippen molar-refractivity contribution >= 4 is 26.2 Å². The SMILES string of the molecule is Br.CCCCCCCCC(Cc1ccccc1)C(P)(Cc1ccccc1)Cc1ccccc1. The van der Waals surface area contributed by atoms with Crippen molar-refractivity contribution < 1.29 is 0 Å². The molecule has 0 N–H and O–H groups in total. The van der Waals surface area contributed by atoms with E-state index in [1.807, 2.05) is 0 Å². The van der Waals surface area contributed by atoms with Crippen LogP contribution in [0.25, 0.3) is 0 Å². The molecule has 0 amide bonds. The quantitative estimate of drug-likeness (QED) is 0.145. The molecule has 0 heterocycles. The number of rotatable bonds is 14. The van der Waals surface area contributed by atoms with E-state index in [4.69, 9.17) is 0 Å². The van der Waals surface area contributed by atoms with Gasteiger partial charge in [0.05, 0.1) is 0 Å². The van der Waals surface area contributed by atoms with Gasteiger partial charge in [-0.3, -0.25) is 0 Å². The summed E-state index contributed by atoms with van der Waals surface area (Å²) in [7, 11) is 3.36. The van der Waals surface area contributed by atoms with E-state index in [0.717, 1.165) is 19.3 Å². The van der Waals surface area contributed by atoms with Gasteiger partial charge in [0.1, 0.15) is 0 Å². The zero-order valence-corrected chi connectivity index (χ0v) is 23.2. The molecular weight excluding hydrogens is 483 g/mol. The number of unbranched alkanes of at least 4 members (excludes halogenated alkanes) is 5. The molecule has 0 aliphatic carbocycles. The molecule has 0 spiro atoms. The molecule has 3 aromatic carbocycles. The Morgan fingerprint density at radius 2 is 1.03 bits per heavy atom. The maximum Gasteiger partial charge on any atom is -0.00385 e. The first kappa shape index (κ1) is 27.8. The Balaban J connectivity index is 0.00000385. The molecule has 0 radical (unpaired) electrons. The van der Waals surface area contributed by atoms with Crippen LogP contribution in [0, 0.1) is 5.92 Å². The van der Waals surface area contributed by atoms with E-state index in [-0.39, 0.29) is 22.1 Å². The lowest BCUT2D eigenvalue weighted by molar-refractivity contribution is 0.331. The maximum atomic E-state index is 3.36. The first-order valence-electron chi connectivity index (χ1n) is 12.6. The first-order valence-corrected chi connectivity index (χ1v) is 13.2. The second kappa shape index (κ2) is 15.5. The van der Waals surface area contributed by atoms with Gasteiger partial charge in [-0.1, -0.05) is 136 Å². The predicted molar refractivity (Wildman–Crippen MR) is 155 cm³/mol. The van der Waals surface area contributed by atoms with Gasteiger partial charge in [-0.2, -0.15) is 0 Å². The van der Waals surface area contributed by atoms with Crippen molar-refractivity contribution in [1.29, 1.82) is 0 Å². The summed E-state index contributed by atoms with van der Waals surface area (Å²) in [5.74, 6) is 0.626. The molecule has 3 aromatic rings. The molecule has 0 aliphatic heterocycles. The van der Waals surface area contributed by atoms with E-state index in [9.17, 15) is 0 Å². The highest BCUT2D eigenvalue weighted by molar-refractivity contribution is 8.93. The van der Waals surface area contributed by atoms with Crippen molar-refractivity contribution in [3.63, 3.8) is 0 Å². The zero-order chi connectivity index (χ0) is 22.5. The van der Waals surface area contributed by atoms with Crippen LogP contribution in [0.2, 0.25) is 0 Å². The fourth-order valence-corrected chi connectivity index (χ4v) is 5.72. The van der Waals surface area contributed by atoms with Crippen molar-refractivity contribution in [2.45, 2.75) is 76.3 Å². The molecule has 3 rings (SSSR count). The summed E-state index contributed by atoms with van der Waals surface area (Å²) in [4.78, 5) is 0. The van der Waals surface area contributed by atoms with Gasteiger partial charge in [0, 0.05) is 0 Å². The van der Waals surface area contributed by atoms with Gasteiger partial charge in [0.25, 0.3) is 0 Å². The van der Waals surface area contributed by atoms with Crippen molar-refractivity contribution in [2.24, 2.45) is 5.92 Å². The average molecular weight is 526 g/mol. The molecule has 0 aromatic heterocycles. The Kier molecular flexibility index (Phi) is 13.0. The van der Waals surface area contributed by atoms with Gasteiger partial charge in [-0.05, 0) is 53.4 Å². The minimum Gasteiger partial charge on any atom is -0.130 e. The number of hydrogen-bond donors (Lipinski definition) is 0. The van der Waals surface area contributed by atoms with Crippen LogP contribution in [0.15, 0.2) is 91.0 Å². The minimum absolute atomic E-state index is 0. The van der Waals surface area contributed by atoms with Crippen molar-refractivity contribution in [2.75, 3.05) is 0 Å². The van der Waals surface area contributed by atoms with Crippen molar-refractivity contribution in [1.82, 2.24) is 0 Å². The van der Waals surface area contributed by atoms with Crippen LogP contribution in [0.1, 0.15) is 68.6 Å². The molecule has 2 heteroatoms. The minimum atomic E-state index is 0. The van der Waals surface area contributed by atoms with Gasteiger partial charge in [-0.15, -0.1) is 26.2 Å². The van der Waals surface area contributed by atoms with Gasteiger partial charge >= 0.3 is 0 Å². The molecule has 0 saturated heterocycles. The predicted octanol–water partition coefficient (Wildman–Crippen LogP) is 9.27. The Labute approximate surface area is 215 Å². The Hall–Kier alpha value is -1.43. The fraction of sp³-hybridized carbons (Fsp3) is 0.419. The second-order valence-corrected chi connectivity index (χ2v) is 10.7. The normalized spacial score (nSPS) is 12.2. The van der Waals surface area contributed by atoms with Crippen LogP contribution in [0.3, 0.4) is 0 Å². The molecule has 0 aliphatic rings. The molecule has 178 valence electrons. The second-order valence-electron chi connectivity index (χ2n) is 9.50. The molecule has 0 nitrogen and oxygen atoms in total. The summed E-state index contributed by atoms with van der Waals surface area (Å²) in [6.07, 6.45) is 12.8. The van der Waals surface area contributed by atoms with Crippen LogP contribution in [-0.4, -0.2) is 5.16 Å². The van der Waals surface area contributed by atoms with E-state index in [1.165, 1.54) is 61.6 Å². The summed E-state index contributed by atoms with van der Waals surface area (Å²) in [5.41, 5.74) is 4.36. The number of benzene rings is 3. The highest BCUT2D eigenvalue weighted by Gasteiger charge is 2.34. The van der Waals surface area contributed by atoms with Gasteiger partial charge in [-0.25, -0.2) is 0 Å². The van der Waals surface area contributed by atoms with Crippen LogP contribution < -0.4 is 0 Å². The van der Waals surface area contributed by atoms with Gasteiger partial charge in [0.2, 0.25) is 0 Å². The van der Waals surface area contributed by atoms with Gasteiger partial charge < -0.3 is 0 Å². The van der Waals surface area contributed by atoms with Gasteiger partial charge in [0.15, 0.2) is 0 Å².